The van der Waals surface area contributed by atoms with Crippen LogP contribution >= 0.6 is 0 Å². The predicted octanol–water partition coefficient (Wildman–Crippen LogP) is 6.20. The molecular weight excluding hydrogens is 316 g/mol. The van der Waals surface area contributed by atoms with Gasteiger partial charge in [-0.2, -0.15) is 0 Å². The van der Waals surface area contributed by atoms with E-state index in [0.717, 1.165) is 0 Å². The fourth-order valence-corrected chi connectivity index (χ4v) is 5.49. The molecule has 2 atom stereocenters. The molecule has 0 radical (unpaired) electrons. The van der Waals surface area contributed by atoms with Gasteiger partial charge in [0.05, 0.1) is 0 Å². The van der Waals surface area contributed by atoms with Crippen LogP contribution in [-0.2, 0) is 0 Å². The number of rotatable bonds is 0. The van der Waals surface area contributed by atoms with Gasteiger partial charge in [-0.15, -0.1) is 0 Å². The Balaban J connectivity index is 2.70. The molecule has 2 heteroatoms. The van der Waals surface area contributed by atoms with Crippen LogP contribution in [0.4, 0.5) is 0 Å². The van der Waals surface area contributed by atoms with Crippen LogP contribution in [0.1, 0.15) is 102 Å². The average molecular weight is 365 g/mol. The van der Waals surface area contributed by atoms with Crippen molar-refractivity contribution in [2.24, 2.45) is 16.2 Å². The summed E-state index contributed by atoms with van der Waals surface area (Å²) < 4.78 is 0. The van der Waals surface area contributed by atoms with Gasteiger partial charge in [0.15, 0.2) is 0 Å². The summed E-state index contributed by atoms with van der Waals surface area (Å²) in [4.78, 5) is 5.82. The van der Waals surface area contributed by atoms with E-state index in [1.807, 2.05) is 0 Å². The van der Waals surface area contributed by atoms with Crippen LogP contribution in [0.2, 0.25) is 0 Å². The third-order valence-corrected chi connectivity index (χ3v) is 6.89. The van der Waals surface area contributed by atoms with E-state index in [2.05, 4.69) is 92.9 Å². The van der Waals surface area contributed by atoms with Crippen molar-refractivity contribution in [2.75, 3.05) is 13.1 Å². The van der Waals surface area contributed by atoms with Crippen molar-refractivity contribution < 1.29 is 0 Å². The summed E-state index contributed by atoms with van der Waals surface area (Å²) >= 11 is 0. The van der Waals surface area contributed by atoms with E-state index < -0.39 is 0 Å². The van der Waals surface area contributed by atoms with Crippen molar-refractivity contribution in [3.05, 3.63) is 0 Å². The standard InChI is InChI=1S/C24H48N2/c1-20(2,3)18-19(21(4,5)6)26(23(10,11)12)17-24(14-13-15-24)16-25(18)22(7,8)9/h18-19H,13-17H2,1-12H3. The number of nitrogens with zero attached hydrogens (tertiary/aromatic N) is 2. The van der Waals surface area contributed by atoms with Gasteiger partial charge in [0.1, 0.15) is 0 Å². The molecule has 0 aromatic carbocycles. The van der Waals surface area contributed by atoms with Gasteiger partial charge >= 0.3 is 0 Å². The minimum atomic E-state index is 0.192. The quantitative estimate of drug-likeness (QED) is 0.505. The van der Waals surface area contributed by atoms with Gasteiger partial charge in [-0.25, -0.2) is 0 Å². The van der Waals surface area contributed by atoms with Gasteiger partial charge < -0.3 is 0 Å². The predicted molar refractivity (Wildman–Crippen MR) is 116 cm³/mol. The van der Waals surface area contributed by atoms with Crippen LogP contribution in [0.5, 0.6) is 0 Å². The van der Waals surface area contributed by atoms with Crippen molar-refractivity contribution in [1.82, 2.24) is 9.80 Å². The maximum atomic E-state index is 2.91. The zero-order valence-electron chi connectivity index (χ0n) is 20.1. The SMILES string of the molecule is CC(C)(C)C1C(C(C)(C)C)N(C(C)(C)C)CC2(CCC2)CN1C(C)(C)C. The highest BCUT2D eigenvalue weighted by atomic mass is 15.3. The van der Waals surface area contributed by atoms with Crippen molar-refractivity contribution in [3.63, 3.8) is 0 Å². The van der Waals surface area contributed by atoms with Crippen LogP contribution in [0.15, 0.2) is 0 Å². The zero-order chi connectivity index (χ0) is 20.3. The Bertz CT molecular complexity index is 446. The van der Waals surface area contributed by atoms with Crippen LogP contribution in [0, 0.1) is 16.2 Å². The van der Waals surface area contributed by atoms with E-state index in [1.165, 1.54) is 32.4 Å². The van der Waals surface area contributed by atoms with Crippen molar-refractivity contribution in [2.45, 2.75) is 126 Å². The summed E-state index contributed by atoms with van der Waals surface area (Å²) in [5.41, 5.74) is 1.36. The summed E-state index contributed by atoms with van der Waals surface area (Å²) in [7, 11) is 0. The Labute approximate surface area is 165 Å². The van der Waals surface area contributed by atoms with Gasteiger partial charge in [0.25, 0.3) is 0 Å². The molecule has 1 aliphatic heterocycles. The fourth-order valence-electron chi connectivity index (χ4n) is 5.49. The summed E-state index contributed by atoms with van der Waals surface area (Å²) in [5.74, 6) is 0. The first kappa shape index (κ1) is 22.2. The topological polar surface area (TPSA) is 6.48 Å². The Morgan fingerprint density at radius 1 is 0.577 bits per heavy atom. The van der Waals surface area contributed by atoms with Crippen LogP contribution < -0.4 is 0 Å². The lowest BCUT2D eigenvalue weighted by molar-refractivity contribution is -0.0705. The first-order valence-corrected chi connectivity index (χ1v) is 10.9. The Morgan fingerprint density at radius 2 is 0.885 bits per heavy atom. The normalized spacial score (nSPS) is 29.5. The third kappa shape index (κ3) is 4.32. The second-order valence-corrected chi connectivity index (χ2v) is 13.6. The molecule has 1 heterocycles. The van der Waals surface area contributed by atoms with Gasteiger partial charge in [-0.3, -0.25) is 9.80 Å². The molecule has 0 N–H and O–H groups in total. The van der Waals surface area contributed by atoms with Crippen LogP contribution in [-0.4, -0.2) is 46.1 Å². The van der Waals surface area contributed by atoms with Gasteiger partial charge in [0, 0.05) is 36.3 Å². The van der Waals surface area contributed by atoms with E-state index in [-0.39, 0.29) is 21.9 Å². The van der Waals surface area contributed by atoms with E-state index in [9.17, 15) is 0 Å². The second kappa shape index (κ2) is 6.48. The Kier molecular flexibility index (Phi) is 5.53. The van der Waals surface area contributed by atoms with E-state index in [4.69, 9.17) is 0 Å². The van der Waals surface area contributed by atoms with Gasteiger partial charge in [-0.05, 0) is 70.6 Å². The van der Waals surface area contributed by atoms with E-state index in [1.54, 1.807) is 0 Å². The molecule has 1 spiro atoms. The molecule has 0 amide bonds. The van der Waals surface area contributed by atoms with Crippen LogP contribution in [0.3, 0.4) is 0 Å². The van der Waals surface area contributed by atoms with E-state index in [0.29, 0.717) is 17.5 Å². The van der Waals surface area contributed by atoms with Gasteiger partial charge in [0.2, 0.25) is 0 Å². The molecule has 0 aromatic rings. The lowest BCUT2D eigenvalue weighted by Crippen LogP contribution is -2.66. The zero-order valence-corrected chi connectivity index (χ0v) is 20.1. The molecule has 0 aromatic heterocycles. The first-order valence-electron chi connectivity index (χ1n) is 10.9. The summed E-state index contributed by atoms with van der Waals surface area (Å²) in [6.07, 6.45) is 4.22. The lowest BCUT2D eigenvalue weighted by Gasteiger charge is -2.57. The number of hydrogen-bond donors (Lipinski definition) is 0. The summed E-state index contributed by atoms with van der Waals surface area (Å²) in [5, 5.41) is 0. The summed E-state index contributed by atoms with van der Waals surface area (Å²) in [6, 6.07) is 1.09. The molecule has 0 bridgehead atoms. The Morgan fingerprint density at radius 3 is 1.04 bits per heavy atom. The number of hydrogen-bond acceptors (Lipinski definition) is 2. The molecule has 2 unspecified atom stereocenters. The molecule has 1 saturated carbocycles. The minimum Gasteiger partial charge on any atom is -0.293 e. The monoisotopic (exact) mass is 364 g/mol. The third-order valence-electron chi connectivity index (χ3n) is 6.89. The van der Waals surface area contributed by atoms with E-state index >= 15 is 0 Å². The highest BCUT2D eigenvalue weighted by Crippen LogP contribution is 2.52. The minimum absolute atomic E-state index is 0.192. The first-order chi connectivity index (χ1) is 11.4. The van der Waals surface area contributed by atoms with Gasteiger partial charge in [-0.1, -0.05) is 48.0 Å². The fraction of sp³-hybridized carbons (Fsp3) is 1.00. The molecule has 154 valence electrons. The molecule has 26 heavy (non-hydrogen) atoms. The van der Waals surface area contributed by atoms with Crippen LogP contribution in [0.25, 0.3) is 0 Å². The molecule has 2 rings (SSSR count). The second-order valence-electron chi connectivity index (χ2n) is 13.6. The average Bonchev–Trinajstić information content (AvgIpc) is 2.49. The molecule has 1 saturated heterocycles. The summed E-state index contributed by atoms with van der Waals surface area (Å²) in [6.45, 7) is 31.9. The maximum Gasteiger partial charge on any atom is 0.0310 e. The molecule has 2 fully saturated rings. The highest BCUT2D eigenvalue weighted by molar-refractivity contribution is 5.10. The van der Waals surface area contributed by atoms with Crippen molar-refractivity contribution in [1.29, 1.82) is 0 Å². The lowest BCUT2D eigenvalue weighted by atomic mass is 9.67. The molecule has 2 nitrogen and oxygen atoms in total. The molecule has 1 aliphatic carbocycles. The highest BCUT2D eigenvalue weighted by Gasteiger charge is 2.56. The van der Waals surface area contributed by atoms with Crippen molar-refractivity contribution >= 4 is 0 Å². The smallest absolute Gasteiger partial charge is 0.0310 e. The van der Waals surface area contributed by atoms with Crippen molar-refractivity contribution in [3.8, 4) is 0 Å². The largest absolute Gasteiger partial charge is 0.293 e. The molecule has 2 aliphatic rings. The Hall–Kier alpha value is -0.0800. The molecular formula is C24H48N2. The maximum absolute atomic E-state index is 2.91.